The second-order valence-electron chi connectivity index (χ2n) is 5.85. The maximum absolute atomic E-state index is 13.8. The monoisotopic (exact) mass is 252 g/mol. The van der Waals surface area contributed by atoms with Gasteiger partial charge >= 0.3 is 0 Å². The third kappa shape index (κ3) is 5.31. The van der Waals surface area contributed by atoms with Crippen molar-refractivity contribution in [2.75, 3.05) is 0 Å². The van der Waals surface area contributed by atoms with E-state index in [2.05, 4.69) is 0 Å². The van der Waals surface area contributed by atoms with Crippen LogP contribution in [0.4, 0.5) is 13.2 Å². The minimum absolute atomic E-state index is 0.000220. The van der Waals surface area contributed by atoms with E-state index in [9.17, 15) is 13.2 Å². The summed E-state index contributed by atoms with van der Waals surface area (Å²) in [6.45, 7) is 10.4. The first kappa shape index (κ1) is 16.8. The largest absolute Gasteiger partial charge is 0.250 e. The highest BCUT2D eigenvalue weighted by Gasteiger charge is 2.38. The van der Waals surface area contributed by atoms with Crippen LogP contribution in [0, 0.1) is 23.7 Å². The predicted octanol–water partition coefficient (Wildman–Crippen LogP) is 5.32. The van der Waals surface area contributed by atoms with Crippen LogP contribution in [0.3, 0.4) is 0 Å². The number of hydrogen-bond acceptors (Lipinski definition) is 0. The normalized spacial score (nSPS) is 20.1. The summed E-state index contributed by atoms with van der Waals surface area (Å²) in [7, 11) is 0. The third-order valence-corrected chi connectivity index (χ3v) is 4.22. The van der Waals surface area contributed by atoms with Crippen LogP contribution in [0.1, 0.15) is 54.4 Å². The van der Waals surface area contributed by atoms with E-state index in [0.717, 1.165) is 0 Å². The minimum atomic E-state index is -2.64. The van der Waals surface area contributed by atoms with Crippen molar-refractivity contribution >= 4 is 0 Å². The molecule has 0 aliphatic carbocycles. The van der Waals surface area contributed by atoms with Gasteiger partial charge in [0.05, 0.1) is 0 Å². The molecule has 0 bridgehead atoms. The summed E-state index contributed by atoms with van der Waals surface area (Å²) in [6, 6.07) is 0. The van der Waals surface area contributed by atoms with Gasteiger partial charge in [0.2, 0.25) is 0 Å². The van der Waals surface area contributed by atoms with Crippen LogP contribution >= 0.6 is 0 Å². The summed E-state index contributed by atoms with van der Waals surface area (Å²) in [5, 5.41) is 0. The Morgan fingerprint density at radius 3 is 1.76 bits per heavy atom. The second-order valence-corrected chi connectivity index (χ2v) is 5.85. The van der Waals surface area contributed by atoms with Gasteiger partial charge in [0, 0.05) is 12.3 Å². The quantitative estimate of drug-likeness (QED) is 0.575. The molecule has 17 heavy (non-hydrogen) atoms. The maximum Gasteiger partial charge on any atom is 0.250 e. The second kappa shape index (κ2) is 6.65. The minimum Gasteiger partial charge on any atom is -0.247 e. The van der Waals surface area contributed by atoms with Gasteiger partial charge in [0.25, 0.3) is 5.92 Å². The third-order valence-electron chi connectivity index (χ3n) is 4.22. The van der Waals surface area contributed by atoms with Crippen molar-refractivity contribution in [1.82, 2.24) is 0 Å². The highest BCUT2D eigenvalue weighted by Crippen LogP contribution is 2.36. The predicted molar refractivity (Wildman–Crippen MR) is 67.1 cm³/mol. The Morgan fingerprint density at radius 2 is 1.41 bits per heavy atom. The number of hydrogen-bond donors (Lipinski definition) is 0. The van der Waals surface area contributed by atoms with Crippen LogP contribution in [0.15, 0.2) is 0 Å². The van der Waals surface area contributed by atoms with Gasteiger partial charge in [-0.25, -0.2) is 13.2 Å². The molecule has 0 N–H and O–H groups in total. The molecule has 0 aliphatic heterocycles. The maximum atomic E-state index is 13.8. The fraction of sp³-hybridized carbons (Fsp3) is 1.00. The zero-order chi connectivity index (χ0) is 13.8. The average Bonchev–Trinajstić information content (AvgIpc) is 2.23. The van der Waals surface area contributed by atoms with E-state index in [1.807, 2.05) is 20.8 Å². The van der Waals surface area contributed by atoms with Crippen molar-refractivity contribution in [1.29, 1.82) is 0 Å². The van der Waals surface area contributed by atoms with Crippen molar-refractivity contribution in [2.24, 2.45) is 23.7 Å². The van der Waals surface area contributed by atoms with Crippen LogP contribution in [-0.4, -0.2) is 12.1 Å². The Labute approximate surface area is 104 Å². The lowest BCUT2D eigenvalue weighted by atomic mass is 9.83. The topological polar surface area (TPSA) is 0 Å². The van der Waals surface area contributed by atoms with Gasteiger partial charge in [-0.1, -0.05) is 34.6 Å². The molecular formula is C14H27F3. The highest BCUT2D eigenvalue weighted by molar-refractivity contribution is 4.78. The lowest BCUT2D eigenvalue weighted by molar-refractivity contribution is -0.0796. The first-order valence-corrected chi connectivity index (χ1v) is 6.61. The molecule has 0 heterocycles. The van der Waals surface area contributed by atoms with Gasteiger partial charge in [-0.2, -0.15) is 0 Å². The summed E-state index contributed by atoms with van der Waals surface area (Å²) in [5.41, 5.74) is 0. The molecule has 0 radical (unpaired) electrons. The molecule has 4 atom stereocenters. The molecule has 0 aromatic carbocycles. The summed E-state index contributed by atoms with van der Waals surface area (Å²) in [6.07, 6.45) is -0.675. The molecule has 0 aromatic rings. The SMILES string of the molecule is CC(C)C(C)C(F)(F)CCC(C)C(C)C(C)F. The van der Waals surface area contributed by atoms with Crippen molar-refractivity contribution in [3.63, 3.8) is 0 Å². The van der Waals surface area contributed by atoms with Gasteiger partial charge in [0.15, 0.2) is 0 Å². The van der Waals surface area contributed by atoms with E-state index in [-0.39, 0.29) is 24.2 Å². The lowest BCUT2D eigenvalue weighted by Gasteiger charge is -2.29. The highest BCUT2D eigenvalue weighted by atomic mass is 19.3. The van der Waals surface area contributed by atoms with E-state index >= 15 is 0 Å². The molecular weight excluding hydrogens is 225 g/mol. The van der Waals surface area contributed by atoms with Crippen LogP contribution in [-0.2, 0) is 0 Å². The van der Waals surface area contributed by atoms with E-state index in [1.165, 1.54) is 6.92 Å². The van der Waals surface area contributed by atoms with Gasteiger partial charge in [-0.3, -0.25) is 0 Å². The molecule has 0 fully saturated rings. The van der Waals surface area contributed by atoms with E-state index in [1.54, 1.807) is 13.8 Å². The Bertz CT molecular complexity index is 212. The molecule has 0 amide bonds. The molecule has 0 saturated carbocycles. The van der Waals surface area contributed by atoms with Crippen molar-refractivity contribution < 1.29 is 13.2 Å². The number of rotatable bonds is 7. The van der Waals surface area contributed by atoms with E-state index < -0.39 is 18.0 Å². The van der Waals surface area contributed by atoms with Crippen LogP contribution < -0.4 is 0 Å². The fourth-order valence-electron chi connectivity index (χ4n) is 1.85. The Morgan fingerprint density at radius 1 is 0.941 bits per heavy atom. The Kier molecular flexibility index (Phi) is 6.57. The molecule has 0 spiro atoms. The van der Waals surface area contributed by atoms with Crippen molar-refractivity contribution in [3.05, 3.63) is 0 Å². The standard InChI is InChI=1S/C14H27F3/c1-9(2)12(5)14(16,17)8-7-10(3)11(4)13(6)15/h9-13H,7-8H2,1-6H3. The summed E-state index contributed by atoms with van der Waals surface area (Å²) < 4.78 is 40.7. The Hall–Kier alpha value is -0.210. The van der Waals surface area contributed by atoms with Crippen LogP contribution in [0.25, 0.3) is 0 Å². The van der Waals surface area contributed by atoms with Gasteiger partial charge in [0.1, 0.15) is 6.17 Å². The smallest absolute Gasteiger partial charge is 0.247 e. The first-order valence-electron chi connectivity index (χ1n) is 6.61. The summed E-state index contributed by atoms with van der Waals surface area (Å²) >= 11 is 0. The molecule has 0 aliphatic rings. The van der Waals surface area contributed by atoms with E-state index in [0.29, 0.717) is 6.42 Å². The van der Waals surface area contributed by atoms with Crippen molar-refractivity contribution in [2.45, 2.75) is 66.5 Å². The number of alkyl halides is 3. The fourth-order valence-corrected chi connectivity index (χ4v) is 1.85. The van der Waals surface area contributed by atoms with Gasteiger partial charge < -0.3 is 0 Å². The zero-order valence-electron chi connectivity index (χ0n) is 11.9. The number of halogens is 3. The molecule has 0 aromatic heterocycles. The average molecular weight is 252 g/mol. The zero-order valence-corrected chi connectivity index (χ0v) is 11.9. The molecule has 0 rings (SSSR count). The first-order chi connectivity index (χ1) is 7.59. The molecule has 104 valence electrons. The molecule has 0 saturated heterocycles. The Balaban J connectivity index is 4.27. The lowest BCUT2D eigenvalue weighted by Crippen LogP contribution is -2.31. The van der Waals surface area contributed by atoms with Crippen LogP contribution in [0.5, 0.6) is 0 Å². The summed E-state index contributed by atoms with van der Waals surface area (Å²) in [5.74, 6) is -3.44. The van der Waals surface area contributed by atoms with Crippen molar-refractivity contribution in [3.8, 4) is 0 Å². The van der Waals surface area contributed by atoms with E-state index in [4.69, 9.17) is 0 Å². The van der Waals surface area contributed by atoms with Crippen LogP contribution in [0.2, 0.25) is 0 Å². The van der Waals surface area contributed by atoms with Gasteiger partial charge in [-0.15, -0.1) is 0 Å². The van der Waals surface area contributed by atoms with Gasteiger partial charge in [-0.05, 0) is 31.1 Å². The molecule has 3 heteroatoms. The molecule has 0 nitrogen and oxygen atoms in total. The summed E-state index contributed by atoms with van der Waals surface area (Å²) in [4.78, 5) is 0. The molecule has 4 unspecified atom stereocenters.